The highest BCUT2D eigenvalue weighted by molar-refractivity contribution is 7.89. The van der Waals surface area contributed by atoms with Gasteiger partial charge in [-0.1, -0.05) is 12.1 Å². The Labute approximate surface area is 159 Å². The molecule has 2 aromatic rings. The average molecular weight is 392 g/mol. The van der Waals surface area contributed by atoms with Gasteiger partial charge in [0, 0.05) is 0 Å². The van der Waals surface area contributed by atoms with Gasteiger partial charge < -0.3 is 14.8 Å². The van der Waals surface area contributed by atoms with Crippen molar-refractivity contribution in [2.75, 3.05) is 19.0 Å². The van der Waals surface area contributed by atoms with Gasteiger partial charge in [-0.05, 0) is 56.7 Å². The number of ether oxygens (including phenoxy) is 2. The molecule has 1 amide bonds. The Hall–Kier alpha value is -2.58. The molecular weight excluding hydrogens is 368 g/mol. The van der Waals surface area contributed by atoms with E-state index in [2.05, 4.69) is 10.0 Å². The minimum Gasteiger partial charge on any atom is -0.495 e. The largest absolute Gasteiger partial charge is 0.495 e. The van der Waals surface area contributed by atoms with E-state index >= 15 is 0 Å². The normalized spacial score (nSPS) is 12.3. The smallest absolute Gasteiger partial charge is 0.242 e. The number of carbonyl (C=O) groups excluding carboxylic acids is 1. The molecule has 7 nitrogen and oxygen atoms in total. The van der Waals surface area contributed by atoms with E-state index in [0.717, 1.165) is 0 Å². The highest BCUT2D eigenvalue weighted by atomic mass is 32.2. The van der Waals surface area contributed by atoms with E-state index < -0.39 is 22.0 Å². The summed E-state index contributed by atoms with van der Waals surface area (Å²) in [5.41, 5.74) is 1.17. The molecule has 0 aliphatic carbocycles. The van der Waals surface area contributed by atoms with Crippen LogP contribution in [0.5, 0.6) is 11.5 Å². The molecular formula is C19H24N2O5S. The van der Waals surface area contributed by atoms with Crippen molar-refractivity contribution in [3.8, 4) is 11.5 Å². The summed E-state index contributed by atoms with van der Waals surface area (Å²) in [5, 5.41) is 2.66. The second kappa shape index (κ2) is 8.88. The lowest BCUT2D eigenvalue weighted by Gasteiger charge is -2.16. The van der Waals surface area contributed by atoms with Crippen LogP contribution >= 0.6 is 0 Å². The highest BCUT2D eigenvalue weighted by Gasteiger charge is 2.23. The van der Waals surface area contributed by atoms with Crippen LogP contribution in [0, 0.1) is 6.92 Å². The van der Waals surface area contributed by atoms with Crippen LogP contribution < -0.4 is 19.5 Å². The van der Waals surface area contributed by atoms with Crippen molar-refractivity contribution in [2.45, 2.75) is 31.7 Å². The van der Waals surface area contributed by atoms with Crippen LogP contribution in [-0.4, -0.2) is 34.1 Å². The second-order valence-corrected chi connectivity index (χ2v) is 7.61. The number of hydrogen-bond donors (Lipinski definition) is 2. The van der Waals surface area contributed by atoms with Crippen molar-refractivity contribution >= 4 is 21.6 Å². The van der Waals surface area contributed by atoms with Gasteiger partial charge in [-0.15, -0.1) is 0 Å². The number of nitrogens with one attached hydrogen (secondary N) is 2. The van der Waals surface area contributed by atoms with Gasteiger partial charge in [-0.25, -0.2) is 8.42 Å². The summed E-state index contributed by atoms with van der Waals surface area (Å²) in [7, 11) is -2.37. The molecule has 0 heterocycles. The number of sulfonamides is 1. The predicted molar refractivity (Wildman–Crippen MR) is 104 cm³/mol. The van der Waals surface area contributed by atoms with Gasteiger partial charge in [0.25, 0.3) is 0 Å². The molecule has 0 aliphatic heterocycles. The van der Waals surface area contributed by atoms with E-state index in [0.29, 0.717) is 29.4 Å². The van der Waals surface area contributed by atoms with Gasteiger partial charge in [-0.2, -0.15) is 4.72 Å². The minimum atomic E-state index is -3.86. The van der Waals surface area contributed by atoms with Gasteiger partial charge in [-0.3, -0.25) is 4.79 Å². The van der Waals surface area contributed by atoms with Gasteiger partial charge >= 0.3 is 0 Å². The monoisotopic (exact) mass is 392 g/mol. The van der Waals surface area contributed by atoms with Crippen molar-refractivity contribution in [3.63, 3.8) is 0 Å². The van der Waals surface area contributed by atoms with Crippen LogP contribution in [0.2, 0.25) is 0 Å². The summed E-state index contributed by atoms with van der Waals surface area (Å²) in [6.45, 7) is 5.59. The third kappa shape index (κ3) is 5.21. The third-order valence-corrected chi connectivity index (χ3v) is 5.38. The van der Waals surface area contributed by atoms with Crippen LogP contribution in [0.25, 0.3) is 0 Å². The predicted octanol–water partition coefficient (Wildman–Crippen LogP) is 2.71. The lowest BCUT2D eigenvalue weighted by molar-refractivity contribution is -0.117. The Kier molecular flexibility index (Phi) is 6.81. The molecule has 2 rings (SSSR count). The van der Waals surface area contributed by atoms with E-state index in [-0.39, 0.29) is 4.90 Å². The number of amides is 1. The quantitative estimate of drug-likeness (QED) is 0.720. The highest BCUT2D eigenvalue weighted by Crippen LogP contribution is 2.24. The fourth-order valence-corrected chi connectivity index (χ4v) is 3.74. The molecule has 27 heavy (non-hydrogen) atoms. The number of carbonyl (C=O) groups is 1. The first-order chi connectivity index (χ1) is 12.8. The number of benzene rings is 2. The Morgan fingerprint density at radius 1 is 1.15 bits per heavy atom. The maximum Gasteiger partial charge on any atom is 0.242 e. The SMILES string of the molecule is CCOc1ccc(S(=O)(=O)N[C@@H](C)C(=O)Nc2ccccc2OC)cc1C. The van der Waals surface area contributed by atoms with E-state index in [1.54, 1.807) is 37.3 Å². The van der Waals surface area contributed by atoms with Crippen LogP contribution in [0.4, 0.5) is 5.69 Å². The van der Waals surface area contributed by atoms with Crippen molar-refractivity contribution in [1.82, 2.24) is 4.72 Å². The molecule has 8 heteroatoms. The van der Waals surface area contributed by atoms with Gasteiger partial charge in [0.1, 0.15) is 11.5 Å². The van der Waals surface area contributed by atoms with Crippen molar-refractivity contribution in [3.05, 3.63) is 48.0 Å². The van der Waals surface area contributed by atoms with Gasteiger partial charge in [0.2, 0.25) is 15.9 Å². The number of aryl methyl sites for hydroxylation is 1. The molecule has 0 bridgehead atoms. The molecule has 0 saturated carbocycles. The molecule has 0 radical (unpaired) electrons. The first-order valence-electron chi connectivity index (χ1n) is 8.48. The molecule has 1 atom stereocenters. The summed E-state index contributed by atoms with van der Waals surface area (Å²) in [6, 6.07) is 10.5. The van der Waals surface area contributed by atoms with E-state index in [1.165, 1.54) is 26.2 Å². The van der Waals surface area contributed by atoms with E-state index in [1.807, 2.05) is 6.92 Å². The summed E-state index contributed by atoms with van der Waals surface area (Å²) in [4.78, 5) is 12.5. The zero-order valence-electron chi connectivity index (χ0n) is 15.8. The van der Waals surface area contributed by atoms with E-state index in [9.17, 15) is 13.2 Å². The molecule has 0 fully saturated rings. The standard InChI is InChI=1S/C19H24N2O5S/c1-5-26-17-11-10-15(12-13(17)2)27(23,24)21-14(3)19(22)20-16-8-6-7-9-18(16)25-4/h6-12,14,21H,5H2,1-4H3,(H,20,22)/t14-/m0/s1. The Bertz CT molecular complexity index is 912. The van der Waals surface area contributed by atoms with Crippen molar-refractivity contribution in [1.29, 1.82) is 0 Å². The fraction of sp³-hybridized carbons (Fsp3) is 0.316. The number of anilines is 1. The Morgan fingerprint density at radius 2 is 1.85 bits per heavy atom. The topological polar surface area (TPSA) is 93.7 Å². The maximum absolute atomic E-state index is 12.6. The molecule has 0 unspecified atom stereocenters. The van der Waals surface area contributed by atoms with Crippen molar-refractivity contribution in [2.24, 2.45) is 0 Å². The molecule has 0 spiro atoms. The molecule has 0 aliphatic rings. The maximum atomic E-state index is 12.6. The first kappa shape index (κ1) is 20.7. The molecule has 2 N–H and O–H groups in total. The Morgan fingerprint density at radius 3 is 2.48 bits per heavy atom. The second-order valence-electron chi connectivity index (χ2n) is 5.89. The van der Waals surface area contributed by atoms with Crippen LogP contribution in [-0.2, 0) is 14.8 Å². The molecule has 146 valence electrons. The molecule has 2 aromatic carbocycles. The summed E-state index contributed by atoms with van der Waals surface area (Å²) in [5.74, 6) is 0.618. The van der Waals surface area contributed by atoms with Crippen LogP contribution in [0.15, 0.2) is 47.4 Å². The number of rotatable bonds is 8. The molecule has 0 saturated heterocycles. The summed E-state index contributed by atoms with van der Waals surface area (Å²) in [6.07, 6.45) is 0. The number of para-hydroxylation sites is 2. The lowest BCUT2D eigenvalue weighted by Crippen LogP contribution is -2.41. The van der Waals surface area contributed by atoms with Gasteiger partial charge in [0.05, 0.1) is 30.3 Å². The Balaban J connectivity index is 2.12. The zero-order chi connectivity index (χ0) is 20.0. The summed E-state index contributed by atoms with van der Waals surface area (Å²) >= 11 is 0. The average Bonchev–Trinajstić information content (AvgIpc) is 2.63. The van der Waals surface area contributed by atoms with Crippen LogP contribution in [0.1, 0.15) is 19.4 Å². The third-order valence-electron chi connectivity index (χ3n) is 3.85. The first-order valence-corrected chi connectivity index (χ1v) is 9.96. The number of methoxy groups -OCH3 is 1. The van der Waals surface area contributed by atoms with Crippen molar-refractivity contribution < 1.29 is 22.7 Å². The minimum absolute atomic E-state index is 0.0698. The number of hydrogen-bond acceptors (Lipinski definition) is 5. The van der Waals surface area contributed by atoms with E-state index in [4.69, 9.17) is 9.47 Å². The van der Waals surface area contributed by atoms with Crippen LogP contribution in [0.3, 0.4) is 0 Å². The molecule has 0 aromatic heterocycles. The summed E-state index contributed by atoms with van der Waals surface area (Å²) < 4.78 is 38.2. The lowest BCUT2D eigenvalue weighted by atomic mass is 10.2. The zero-order valence-corrected chi connectivity index (χ0v) is 16.6. The van der Waals surface area contributed by atoms with Gasteiger partial charge in [0.15, 0.2) is 0 Å². The fourth-order valence-electron chi connectivity index (χ4n) is 2.45.